The minimum atomic E-state index is -0.989. The lowest BCUT2D eigenvalue weighted by Gasteiger charge is -2.09. The van der Waals surface area contributed by atoms with E-state index in [0.29, 0.717) is 11.6 Å². The number of pyridine rings is 1. The van der Waals surface area contributed by atoms with Gasteiger partial charge in [0, 0.05) is 6.20 Å². The highest BCUT2D eigenvalue weighted by molar-refractivity contribution is 14.1. The molecule has 0 spiro atoms. The molecule has 0 atom stereocenters. The zero-order chi connectivity index (χ0) is 14.0. The lowest BCUT2D eigenvalue weighted by atomic mass is 10.2. The summed E-state index contributed by atoms with van der Waals surface area (Å²) in [6, 6.07) is 6.60. The standard InChI is InChI=1S/C13H9BrINO3/c1-7-4-9(14)12(16-6-7)19-11-5-8(13(17)18)2-3-10(11)15/h2-6H,1H3,(H,17,18). The van der Waals surface area contributed by atoms with Crippen LogP contribution in [0.5, 0.6) is 11.6 Å². The number of halogens is 2. The zero-order valence-corrected chi connectivity index (χ0v) is 13.6. The summed E-state index contributed by atoms with van der Waals surface area (Å²) in [5.41, 5.74) is 1.19. The van der Waals surface area contributed by atoms with E-state index in [4.69, 9.17) is 9.84 Å². The van der Waals surface area contributed by atoms with Crippen LogP contribution >= 0.6 is 38.5 Å². The lowest BCUT2D eigenvalue weighted by molar-refractivity contribution is 0.0696. The third-order valence-electron chi connectivity index (χ3n) is 2.33. The maximum absolute atomic E-state index is 10.9. The summed E-state index contributed by atoms with van der Waals surface area (Å²) in [5, 5.41) is 8.97. The van der Waals surface area contributed by atoms with Crippen LogP contribution in [-0.2, 0) is 0 Å². The van der Waals surface area contributed by atoms with Crippen molar-refractivity contribution in [2.45, 2.75) is 6.92 Å². The maximum atomic E-state index is 10.9. The van der Waals surface area contributed by atoms with Crippen LogP contribution < -0.4 is 4.74 Å². The molecule has 0 fully saturated rings. The molecule has 1 aromatic heterocycles. The molecule has 0 radical (unpaired) electrons. The van der Waals surface area contributed by atoms with Gasteiger partial charge in [0.25, 0.3) is 0 Å². The van der Waals surface area contributed by atoms with E-state index in [-0.39, 0.29) is 5.56 Å². The molecule has 2 aromatic rings. The van der Waals surface area contributed by atoms with E-state index in [2.05, 4.69) is 43.5 Å². The van der Waals surface area contributed by atoms with Crippen LogP contribution in [0.3, 0.4) is 0 Å². The summed E-state index contributed by atoms with van der Waals surface area (Å²) in [4.78, 5) is 15.1. The first-order chi connectivity index (χ1) is 8.97. The Bertz CT molecular complexity index is 646. The number of aryl methyl sites for hydroxylation is 1. The van der Waals surface area contributed by atoms with E-state index in [1.54, 1.807) is 12.3 Å². The van der Waals surface area contributed by atoms with Gasteiger partial charge in [-0.05, 0) is 75.3 Å². The smallest absolute Gasteiger partial charge is 0.335 e. The Morgan fingerprint density at radius 3 is 2.79 bits per heavy atom. The van der Waals surface area contributed by atoms with Gasteiger partial charge in [-0.2, -0.15) is 0 Å². The summed E-state index contributed by atoms with van der Waals surface area (Å²) >= 11 is 5.45. The highest BCUT2D eigenvalue weighted by Gasteiger charge is 2.11. The maximum Gasteiger partial charge on any atom is 0.335 e. The number of hydrogen-bond acceptors (Lipinski definition) is 3. The normalized spacial score (nSPS) is 10.3. The number of rotatable bonds is 3. The van der Waals surface area contributed by atoms with E-state index in [9.17, 15) is 4.79 Å². The molecular weight excluding hydrogens is 425 g/mol. The predicted octanol–water partition coefficient (Wildman–Crippen LogP) is 4.25. The third kappa shape index (κ3) is 3.44. The van der Waals surface area contributed by atoms with Crippen molar-refractivity contribution < 1.29 is 14.6 Å². The van der Waals surface area contributed by atoms with E-state index in [0.717, 1.165) is 13.6 Å². The monoisotopic (exact) mass is 433 g/mol. The van der Waals surface area contributed by atoms with E-state index >= 15 is 0 Å². The van der Waals surface area contributed by atoms with Crippen molar-refractivity contribution in [1.82, 2.24) is 4.98 Å². The summed E-state index contributed by atoms with van der Waals surface area (Å²) in [6.45, 7) is 1.93. The number of aromatic carboxylic acids is 1. The fourth-order valence-electron chi connectivity index (χ4n) is 1.41. The highest BCUT2D eigenvalue weighted by Crippen LogP contribution is 2.31. The van der Waals surface area contributed by atoms with Gasteiger partial charge >= 0.3 is 5.97 Å². The number of hydrogen-bond donors (Lipinski definition) is 1. The molecule has 4 nitrogen and oxygen atoms in total. The Labute approximate surface area is 132 Å². The largest absolute Gasteiger partial charge is 0.478 e. The number of ether oxygens (including phenoxy) is 1. The third-order valence-corrected chi connectivity index (χ3v) is 3.79. The van der Waals surface area contributed by atoms with Crippen LogP contribution in [0.1, 0.15) is 15.9 Å². The van der Waals surface area contributed by atoms with Crippen LogP contribution in [0.4, 0.5) is 0 Å². The number of aromatic nitrogens is 1. The lowest BCUT2D eigenvalue weighted by Crippen LogP contribution is -1.98. The molecule has 0 aliphatic heterocycles. The van der Waals surface area contributed by atoms with Gasteiger partial charge in [0.2, 0.25) is 5.88 Å². The summed E-state index contributed by atoms with van der Waals surface area (Å²) < 4.78 is 7.20. The summed E-state index contributed by atoms with van der Waals surface area (Å²) in [5.74, 6) is -0.110. The van der Waals surface area contributed by atoms with Gasteiger partial charge in [0.05, 0.1) is 13.6 Å². The number of carboxylic acids is 1. The number of benzene rings is 1. The Kier molecular flexibility index (Phi) is 4.41. The van der Waals surface area contributed by atoms with Crippen molar-refractivity contribution in [3.05, 3.63) is 49.6 Å². The van der Waals surface area contributed by atoms with Crippen molar-refractivity contribution in [1.29, 1.82) is 0 Å². The molecule has 1 heterocycles. The van der Waals surface area contributed by atoms with Crippen molar-refractivity contribution in [2.75, 3.05) is 0 Å². The average molecular weight is 434 g/mol. The van der Waals surface area contributed by atoms with Crippen LogP contribution in [0.15, 0.2) is 34.9 Å². The predicted molar refractivity (Wildman–Crippen MR) is 82.9 cm³/mol. The second kappa shape index (κ2) is 5.87. The van der Waals surface area contributed by atoms with Crippen LogP contribution in [0, 0.1) is 10.5 Å². The minimum absolute atomic E-state index is 0.179. The SMILES string of the molecule is Cc1cnc(Oc2cc(C(=O)O)ccc2I)c(Br)c1. The molecule has 19 heavy (non-hydrogen) atoms. The van der Waals surface area contributed by atoms with E-state index in [1.165, 1.54) is 12.1 Å². The highest BCUT2D eigenvalue weighted by atomic mass is 127. The van der Waals surface area contributed by atoms with Crippen molar-refractivity contribution in [3.63, 3.8) is 0 Å². The van der Waals surface area contributed by atoms with Gasteiger partial charge in [-0.1, -0.05) is 0 Å². The van der Waals surface area contributed by atoms with Crippen molar-refractivity contribution >= 4 is 44.5 Å². The molecule has 1 N–H and O–H groups in total. The molecule has 6 heteroatoms. The van der Waals surface area contributed by atoms with Crippen molar-refractivity contribution in [3.8, 4) is 11.6 Å². The molecule has 98 valence electrons. The topological polar surface area (TPSA) is 59.4 Å². The Morgan fingerprint density at radius 1 is 1.42 bits per heavy atom. The fraction of sp³-hybridized carbons (Fsp3) is 0.0769. The molecule has 1 aromatic carbocycles. The van der Waals surface area contributed by atoms with Gasteiger partial charge in [-0.25, -0.2) is 9.78 Å². The van der Waals surface area contributed by atoms with Gasteiger partial charge in [-0.15, -0.1) is 0 Å². The van der Waals surface area contributed by atoms with E-state index < -0.39 is 5.97 Å². The molecule has 0 aliphatic carbocycles. The zero-order valence-electron chi connectivity index (χ0n) is 9.85. The van der Waals surface area contributed by atoms with Gasteiger partial charge in [0.15, 0.2) is 0 Å². The quantitative estimate of drug-likeness (QED) is 0.735. The van der Waals surface area contributed by atoms with Gasteiger partial charge < -0.3 is 9.84 Å². The number of nitrogens with zero attached hydrogens (tertiary/aromatic N) is 1. The summed E-state index contributed by atoms with van der Waals surface area (Å²) in [6.07, 6.45) is 1.69. The van der Waals surface area contributed by atoms with Crippen LogP contribution in [0.25, 0.3) is 0 Å². The molecule has 0 aliphatic rings. The molecular formula is C13H9BrINO3. The first-order valence-corrected chi connectivity index (χ1v) is 7.17. The first-order valence-electron chi connectivity index (χ1n) is 5.30. The van der Waals surface area contributed by atoms with Crippen molar-refractivity contribution in [2.24, 2.45) is 0 Å². The average Bonchev–Trinajstić information content (AvgIpc) is 2.34. The summed E-state index contributed by atoms with van der Waals surface area (Å²) in [7, 11) is 0. The number of carbonyl (C=O) groups is 1. The molecule has 0 amide bonds. The Hall–Kier alpha value is -1.15. The first kappa shape index (κ1) is 14.3. The second-order valence-electron chi connectivity index (χ2n) is 3.85. The Balaban J connectivity index is 2.37. The van der Waals surface area contributed by atoms with Crippen LogP contribution in [-0.4, -0.2) is 16.1 Å². The molecule has 0 saturated carbocycles. The second-order valence-corrected chi connectivity index (χ2v) is 5.87. The minimum Gasteiger partial charge on any atom is -0.478 e. The fourth-order valence-corrected chi connectivity index (χ4v) is 2.40. The molecule has 0 unspecified atom stereocenters. The van der Waals surface area contributed by atoms with Gasteiger partial charge in [0.1, 0.15) is 5.75 Å². The number of carboxylic acid groups (broad SMARTS) is 1. The van der Waals surface area contributed by atoms with Gasteiger partial charge in [-0.3, -0.25) is 0 Å². The molecule has 0 saturated heterocycles. The molecule has 2 rings (SSSR count). The van der Waals surface area contributed by atoms with Crippen LogP contribution in [0.2, 0.25) is 0 Å². The Morgan fingerprint density at radius 2 is 2.16 bits per heavy atom. The van der Waals surface area contributed by atoms with E-state index in [1.807, 2.05) is 13.0 Å². The molecule has 0 bridgehead atoms.